The molecular weight excluding hydrogens is 230 g/mol. The number of hydrogen-bond acceptors (Lipinski definition) is 4. The van der Waals surface area contributed by atoms with E-state index in [4.69, 9.17) is 0 Å². The Morgan fingerprint density at radius 3 is 2.76 bits per heavy atom. The monoisotopic (exact) mass is 242 g/mol. The fraction of sp³-hybridized carbons (Fsp3) is 0.500. The lowest BCUT2D eigenvalue weighted by molar-refractivity contribution is -0.109. The quantitative estimate of drug-likeness (QED) is 0.780. The molecule has 0 unspecified atom stereocenters. The average molecular weight is 242 g/mol. The molecular formula is C10H12F2N4O. The van der Waals surface area contributed by atoms with E-state index in [9.17, 15) is 13.6 Å². The molecule has 5 nitrogen and oxygen atoms in total. The van der Waals surface area contributed by atoms with E-state index in [-0.39, 0.29) is 19.6 Å². The van der Waals surface area contributed by atoms with Gasteiger partial charge in [-0.1, -0.05) is 0 Å². The van der Waals surface area contributed by atoms with E-state index in [0.717, 1.165) is 5.56 Å². The van der Waals surface area contributed by atoms with Crippen LogP contribution in [0.4, 0.5) is 14.6 Å². The Kier molecular flexibility index (Phi) is 2.91. The molecule has 1 aromatic heterocycles. The van der Waals surface area contributed by atoms with Crippen LogP contribution in [0.5, 0.6) is 0 Å². The molecule has 0 bridgehead atoms. The molecule has 0 aromatic carbocycles. The number of anilines is 1. The van der Waals surface area contributed by atoms with Crippen LogP contribution in [-0.2, 0) is 11.3 Å². The van der Waals surface area contributed by atoms with Gasteiger partial charge in [0, 0.05) is 0 Å². The van der Waals surface area contributed by atoms with E-state index in [2.05, 4.69) is 15.5 Å². The van der Waals surface area contributed by atoms with Gasteiger partial charge >= 0.3 is 0 Å². The van der Waals surface area contributed by atoms with Crippen LogP contribution in [0, 0.1) is 6.92 Å². The average Bonchev–Trinajstić information content (AvgIpc) is 2.23. The van der Waals surface area contributed by atoms with Gasteiger partial charge in [-0.3, -0.25) is 4.79 Å². The molecule has 1 amide bonds. The van der Waals surface area contributed by atoms with E-state index in [1.165, 1.54) is 4.90 Å². The maximum atomic E-state index is 12.7. The molecule has 1 saturated heterocycles. The summed E-state index contributed by atoms with van der Waals surface area (Å²) in [5, 5.41) is 10.2. The van der Waals surface area contributed by atoms with Gasteiger partial charge in [0.25, 0.3) is 5.92 Å². The molecule has 7 heteroatoms. The predicted octanol–water partition coefficient (Wildman–Crippen LogP) is 0.486. The summed E-state index contributed by atoms with van der Waals surface area (Å²) in [6, 6.07) is 1.73. The van der Waals surface area contributed by atoms with E-state index >= 15 is 0 Å². The van der Waals surface area contributed by atoms with Gasteiger partial charge in [0.1, 0.15) is 0 Å². The second kappa shape index (κ2) is 4.23. The van der Waals surface area contributed by atoms with Crippen molar-refractivity contribution in [3.63, 3.8) is 0 Å². The Hall–Kier alpha value is -1.79. The molecule has 0 atom stereocenters. The van der Waals surface area contributed by atoms with Crippen molar-refractivity contribution < 1.29 is 13.6 Å². The van der Waals surface area contributed by atoms with Gasteiger partial charge in [-0.15, -0.1) is 5.10 Å². The van der Waals surface area contributed by atoms with E-state index < -0.39 is 5.92 Å². The zero-order valence-corrected chi connectivity index (χ0v) is 9.28. The van der Waals surface area contributed by atoms with Crippen molar-refractivity contribution in [2.45, 2.75) is 19.4 Å². The van der Waals surface area contributed by atoms with Gasteiger partial charge < -0.3 is 10.2 Å². The molecule has 1 aliphatic rings. The molecule has 17 heavy (non-hydrogen) atoms. The van der Waals surface area contributed by atoms with Crippen LogP contribution in [0.3, 0.4) is 0 Å². The Morgan fingerprint density at radius 2 is 2.24 bits per heavy atom. The van der Waals surface area contributed by atoms with E-state index in [1.54, 1.807) is 13.0 Å². The molecule has 2 heterocycles. The third-order valence-corrected chi connectivity index (χ3v) is 2.52. The molecule has 1 fully saturated rings. The Morgan fingerprint density at radius 1 is 1.53 bits per heavy atom. The second-order valence-corrected chi connectivity index (χ2v) is 4.05. The summed E-state index contributed by atoms with van der Waals surface area (Å²) < 4.78 is 25.4. The summed E-state index contributed by atoms with van der Waals surface area (Å²) in [7, 11) is 0. The fourth-order valence-electron chi connectivity index (χ4n) is 1.74. The first-order chi connectivity index (χ1) is 8.02. The van der Waals surface area contributed by atoms with Crippen molar-refractivity contribution in [3.8, 4) is 0 Å². The number of amides is 1. The van der Waals surface area contributed by atoms with Gasteiger partial charge in [-0.05, 0) is 18.6 Å². The lowest BCUT2D eigenvalue weighted by Gasteiger charge is -2.39. The third-order valence-electron chi connectivity index (χ3n) is 2.52. The fourth-order valence-corrected chi connectivity index (χ4v) is 1.74. The molecule has 0 radical (unpaired) electrons. The summed E-state index contributed by atoms with van der Waals surface area (Å²) in [4.78, 5) is 11.6. The lowest BCUT2D eigenvalue weighted by atomic mass is 10.1. The van der Waals surface area contributed by atoms with Crippen LogP contribution in [-0.4, -0.2) is 35.6 Å². The van der Waals surface area contributed by atoms with E-state index in [1.807, 2.05) is 0 Å². The molecule has 0 spiro atoms. The summed E-state index contributed by atoms with van der Waals surface area (Å²) >= 11 is 0. The van der Waals surface area contributed by atoms with Crippen LogP contribution in [0.15, 0.2) is 6.07 Å². The number of halogens is 2. The Balaban J connectivity index is 2.07. The standard InChI is InChI=1S/C10H12F2N4O/c1-7-2-8(3-13-6-17)14-15-9(7)16-4-10(11,12)5-16/h2,6H,3-5H2,1H3,(H,13,17). The minimum atomic E-state index is -2.62. The number of rotatable bonds is 4. The summed E-state index contributed by atoms with van der Waals surface area (Å²) in [5.41, 5.74) is 1.38. The minimum Gasteiger partial charge on any atom is -0.353 e. The Bertz CT molecular complexity index is 430. The SMILES string of the molecule is Cc1cc(CNC=O)nnc1N1CC(F)(F)C1. The number of carbonyl (C=O) groups excluding carboxylic acids is 1. The highest BCUT2D eigenvalue weighted by Crippen LogP contribution is 2.31. The molecule has 0 aliphatic carbocycles. The maximum absolute atomic E-state index is 12.7. The van der Waals surface area contributed by atoms with Gasteiger partial charge in [0.05, 0.1) is 25.3 Å². The van der Waals surface area contributed by atoms with Crippen molar-refractivity contribution >= 4 is 12.2 Å². The van der Waals surface area contributed by atoms with Crippen molar-refractivity contribution in [2.75, 3.05) is 18.0 Å². The highest BCUT2D eigenvalue weighted by molar-refractivity contribution is 5.50. The zero-order valence-electron chi connectivity index (χ0n) is 9.28. The van der Waals surface area contributed by atoms with Crippen molar-refractivity contribution in [2.24, 2.45) is 0 Å². The van der Waals surface area contributed by atoms with Crippen LogP contribution in [0.25, 0.3) is 0 Å². The molecule has 1 aliphatic heterocycles. The molecule has 1 N–H and O–H groups in total. The number of carbonyl (C=O) groups is 1. The van der Waals surface area contributed by atoms with Gasteiger partial charge in [0.15, 0.2) is 5.82 Å². The van der Waals surface area contributed by atoms with Crippen LogP contribution in [0.1, 0.15) is 11.3 Å². The lowest BCUT2D eigenvalue weighted by Crippen LogP contribution is -2.57. The van der Waals surface area contributed by atoms with Crippen molar-refractivity contribution in [3.05, 3.63) is 17.3 Å². The first-order valence-corrected chi connectivity index (χ1v) is 5.15. The number of nitrogens with one attached hydrogen (secondary N) is 1. The molecule has 0 saturated carbocycles. The summed E-state index contributed by atoms with van der Waals surface area (Å²) in [6.07, 6.45) is 0.570. The maximum Gasteiger partial charge on any atom is 0.282 e. The third kappa shape index (κ3) is 2.48. The number of aryl methyl sites for hydroxylation is 1. The normalized spacial score (nSPS) is 17.5. The minimum absolute atomic E-state index is 0.285. The van der Waals surface area contributed by atoms with Gasteiger partial charge in [0.2, 0.25) is 6.41 Å². The number of hydrogen-bond donors (Lipinski definition) is 1. The van der Waals surface area contributed by atoms with Crippen LogP contribution < -0.4 is 10.2 Å². The van der Waals surface area contributed by atoms with Gasteiger partial charge in [-0.25, -0.2) is 8.78 Å². The summed E-state index contributed by atoms with van der Waals surface area (Å²) in [5.74, 6) is -2.14. The molecule has 2 rings (SSSR count). The number of alkyl halides is 2. The highest BCUT2D eigenvalue weighted by Gasteiger charge is 2.45. The predicted molar refractivity (Wildman–Crippen MR) is 56.8 cm³/mol. The molecule has 92 valence electrons. The highest BCUT2D eigenvalue weighted by atomic mass is 19.3. The number of aromatic nitrogens is 2. The first-order valence-electron chi connectivity index (χ1n) is 5.15. The number of nitrogens with zero attached hydrogens (tertiary/aromatic N) is 3. The topological polar surface area (TPSA) is 58.1 Å². The van der Waals surface area contributed by atoms with E-state index in [0.29, 0.717) is 17.9 Å². The largest absolute Gasteiger partial charge is 0.353 e. The zero-order chi connectivity index (χ0) is 12.5. The van der Waals surface area contributed by atoms with Crippen molar-refractivity contribution in [1.29, 1.82) is 0 Å². The smallest absolute Gasteiger partial charge is 0.282 e. The summed E-state index contributed by atoms with van der Waals surface area (Å²) in [6.45, 7) is 1.45. The van der Waals surface area contributed by atoms with Crippen LogP contribution in [0.2, 0.25) is 0 Å². The second-order valence-electron chi connectivity index (χ2n) is 4.05. The van der Waals surface area contributed by atoms with Crippen LogP contribution >= 0.6 is 0 Å². The van der Waals surface area contributed by atoms with Crippen molar-refractivity contribution in [1.82, 2.24) is 15.5 Å². The first kappa shape index (κ1) is 11.7. The Labute approximate surface area is 96.8 Å². The van der Waals surface area contributed by atoms with Gasteiger partial charge in [-0.2, -0.15) is 5.10 Å². The molecule has 1 aromatic rings.